The van der Waals surface area contributed by atoms with Crippen molar-refractivity contribution in [2.75, 3.05) is 30.3 Å². The number of nitrogens with zero attached hydrogens (tertiary/aromatic N) is 3. The number of hydrogen-bond donors (Lipinski definition) is 2. The molecule has 1 aromatic heterocycles. The molecule has 0 saturated carbocycles. The molecule has 0 unspecified atom stereocenters. The second-order valence-electron chi connectivity index (χ2n) is 6.97. The normalized spacial score (nSPS) is 22.2. The maximum atomic E-state index is 13.2. The van der Waals surface area contributed by atoms with Crippen LogP contribution in [0.3, 0.4) is 0 Å². The Morgan fingerprint density at radius 2 is 2.04 bits per heavy atom. The van der Waals surface area contributed by atoms with E-state index in [1.807, 2.05) is 36.4 Å². The van der Waals surface area contributed by atoms with Gasteiger partial charge in [-0.05, 0) is 30.7 Å². The van der Waals surface area contributed by atoms with Crippen LogP contribution in [-0.4, -0.2) is 41.3 Å². The van der Waals surface area contributed by atoms with Crippen molar-refractivity contribution in [3.63, 3.8) is 0 Å². The van der Waals surface area contributed by atoms with E-state index in [2.05, 4.69) is 9.88 Å². The smallest absolute Gasteiger partial charge is 0.239 e. The van der Waals surface area contributed by atoms with Crippen molar-refractivity contribution in [2.45, 2.75) is 18.4 Å². The summed E-state index contributed by atoms with van der Waals surface area (Å²) in [6.45, 7) is 1.92. The first-order chi connectivity index (χ1) is 12.5. The molecule has 1 atom stereocenters. The Balaban J connectivity index is 1.64. The van der Waals surface area contributed by atoms with Gasteiger partial charge in [0.1, 0.15) is 12.4 Å². The van der Waals surface area contributed by atoms with Gasteiger partial charge in [-0.15, -0.1) is 0 Å². The number of likely N-dealkylation sites (tertiary alicyclic amines) is 1. The fraction of sp³-hybridized carbons (Fsp3) is 0.316. The molecule has 2 aliphatic heterocycles. The van der Waals surface area contributed by atoms with Crippen LogP contribution < -0.4 is 16.4 Å². The van der Waals surface area contributed by atoms with E-state index in [1.54, 1.807) is 6.20 Å². The molecule has 1 fully saturated rings. The van der Waals surface area contributed by atoms with Gasteiger partial charge in [-0.25, -0.2) is 4.98 Å². The second-order valence-corrected chi connectivity index (χ2v) is 6.97. The number of para-hydroxylation sites is 1. The largest absolute Gasteiger partial charge is 0.383 e. The molecule has 0 radical (unpaired) electrons. The quantitative estimate of drug-likeness (QED) is 0.841. The number of hydrogen-bond acceptors (Lipinski definition) is 5. The standard InChI is InChI=1S/C19H21N5O2/c20-16(25)11-24-15-6-2-1-5-14(15)19(18(24)26)7-9-23(12-19)10-13-4-3-8-22-17(13)21/h1-6,8H,7,9-12H2,(H2,20,25)(H2,21,22)/t19-/m0/s1. The summed E-state index contributed by atoms with van der Waals surface area (Å²) in [6.07, 6.45) is 2.38. The van der Waals surface area contributed by atoms with Gasteiger partial charge in [-0.3, -0.25) is 14.5 Å². The van der Waals surface area contributed by atoms with Crippen LogP contribution in [0.1, 0.15) is 17.5 Å². The highest BCUT2D eigenvalue weighted by Crippen LogP contribution is 2.47. The molecule has 7 heteroatoms. The second kappa shape index (κ2) is 6.10. The predicted molar refractivity (Wildman–Crippen MR) is 98.2 cm³/mol. The first kappa shape index (κ1) is 16.5. The summed E-state index contributed by atoms with van der Waals surface area (Å²) in [5.74, 6) is -0.0377. The van der Waals surface area contributed by atoms with Crippen molar-refractivity contribution >= 4 is 23.3 Å². The van der Waals surface area contributed by atoms with Crippen LogP contribution in [0.15, 0.2) is 42.6 Å². The van der Waals surface area contributed by atoms with Gasteiger partial charge in [0, 0.05) is 30.5 Å². The average molecular weight is 351 g/mol. The number of rotatable bonds is 4. The Bertz CT molecular complexity index is 884. The molecule has 2 aromatic rings. The van der Waals surface area contributed by atoms with Crippen molar-refractivity contribution in [2.24, 2.45) is 5.73 Å². The van der Waals surface area contributed by atoms with Crippen LogP contribution in [-0.2, 0) is 21.5 Å². The minimum absolute atomic E-state index is 0.0424. The van der Waals surface area contributed by atoms with E-state index in [0.717, 1.165) is 23.4 Å². The molecule has 1 spiro atoms. The SMILES string of the molecule is NC(=O)CN1C(=O)[C@]2(CCN(Cc3cccnc3N)C2)c2ccccc21. The molecule has 0 bridgehead atoms. The van der Waals surface area contributed by atoms with E-state index < -0.39 is 11.3 Å². The molecule has 4 N–H and O–H groups in total. The zero-order chi connectivity index (χ0) is 18.3. The summed E-state index contributed by atoms with van der Waals surface area (Å²) in [7, 11) is 0. The number of carbonyl (C=O) groups excluding carboxylic acids is 2. The van der Waals surface area contributed by atoms with Gasteiger partial charge >= 0.3 is 0 Å². The summed E-state index contributed by atoms with van der Waals surface area (Å²) in [6, 6.07) is 11.5. The number of fused-ring (bicyclic) bond motifs is 2. The first-order valence-electron chi connectivity index (χ1n) is 8.63. The van der Waals surface area contributed by atoms with E-state index in [4.69, 9.17) is 11.5 Å². The molecule has 4 rings (SSSR count). The summed E-state index contributed by atoms with van der Waals surface area (Å²) < 4.78 is 0. The Morgan fingerprint density at radius 3 is 2.81 bits per heavy atom. The van der Waals surface area contributed by atoms with Crippen LogP contribution in [0.2, 0.25) is 0 Å². The van der Waals surface area contributed by atoms with Crippen molar-refractivity contribution in [1.29, 1.82) is 0 Å². The Hall–Kier alpha value is -2.93. The van der Waals surface area contributed by atoms with E-state index in [1.165, 1.54) is 4.90 Å². The lowest BCUT2D eigenvalue weighted by Gasteiger charge is -2.24. The highest BCUT2D eigenvalue weighted by atomic mass is 16.2. The van der Waals surface area contributed by atoms with E-state index in [-0.39, 0.29) is 12.5 Å². The number of nitrogen functional groups attached to an aromatic ring is 1. The third kappa shape index (κ3) is 2.52. The highest BCUT2D eigenvalue weighted by Gasteiger charge is 2.54. The Morgan fingerprint density at radius 1 is 1.23 bits per heavy atom. The molecule has 3 heterocycles. The lowest BCUT2D eigenvalue weighted by atomic mass is 9.81. The van der Waals surface area contributed by atoms with Crippen molar-refractivity contribution in [3.05, 3.63) is 53.7 Å². The summed E-state index contributed by atoms with van der Waals surface area (Å²) >= 11 is 0. The number of primary amides is 1. The maximum Gasteiger partial charge on any atom is 0.239 e. The van der Waals surface area contributed by atoms with Gasteiger partial charge in [-0.2, -0.15) is 0 Å². The molecule has 1 aromatic carbocycles. The van der Waals surface area contributed by atoms with Crippen molar-refractivity contribution in [1.82, 2.24) is 9.88 Å². The summed E-state index contributed by atoms with van der Waals surface area (Å²) in [5, 5.41) is 0. The van der Waals surface area contributed by atoms with Crippen LogP contribution >= 0.6 is 0 Å². The average Bonchev–Trinajstić information content (AvgIpc) is 3.14. The van der Waals surface area contributed by atoms with E-state index in [0.29, 0.717) is 25.3 Å². The molecule has 26 heavy (non-hydrogen) atoms. The number of benzene rings is 1. The molecule has 1 saturated heterocycles. The summed E-state index contributed by atoms with van der Waals surface area (Å²) in [4.78, 5) is 32.6. The molecular formula is C19H21N5O2. The molecule has 2 amide bonds. The monoisotopic (exact) mass is 351 g/mol. The molecule has 0 aliphatic carbocycles. The van der Waals surface area contributed by atoms with Gasteiger partial charge in [-0.1, -0.05) is 24.3 Å². The Labute approximate surface area is 151 Å². The van der Waals surface area contributed by atoms with Crippen molar-refractivity contribution in [3.8, 4) is 0 Å². The molecule has 2 aliphatic rings. The number of amides is 2. The van der Waals surface area contributed by atoms with Gasteiger partial charge in [0.05, 0.1) is 5.41 Å². The van der Waals surface area contributed by atoms with Crippen molar-refractivity contribution < 1.29 is 9.59 Å². The third-order valence-corrected chi connectivity index (χ3v) is 5.35. The maximum absolute atomic E-state index is 13.2. The third-order valence-electron chi connectivity index (χ3n) is 5.35. The topological polar surface area (TPSA) is 106 Å². The lowest BCUT2D eigenvalue weighted by molar-refractivity contribution is -0.125. The van der Waals surface area contributed by atoms with Gasteiger partial charge in [0.2, 0.25) is 11.8 Å². The van der Waals surface area contributed by atoms with E-state index in [9.17, 15) is 9.59 Å². The van der Waals surface area contributed by atoms with E-state index >= 15 is 0 Å². The minimum Gasteiger partial charge on any atom is -0.383 e. The van der Waals surface area contributed by atoms with Gasteiger partial charge in [0.25, 0.3) is 0 Å². The predicted octanol–water partition coefficient (Wildman–Crippen LogP) is 0.639. The number of aromatic nitrogens is 1. The molecule has 7 nitrogen and oxygen atoms in total. The molecular weight excluding hydrogens is 330 g/mol. The zero-order valence-corrected chi connectivity index (χ0v) is 14.4. The zero-order valence-electron chi connectivity index (χ0n) is 14.4. The van der Waals surface area contributed by atoms with Crippen LogP contribution in [0.4, 0.5) is 11.5 Å². The Kier molecular flexibility index (Phi) is 3.88. The highest BCUT2D eigenvalue weighted by molar-refractivity contribution is 6.11. The van der Waals surface area contributed by atoms with Gasteiger partial charge in [0.15, 0.2) is 0 Å². The fourth-order valence-corrected chi connectivity index (χ4v) is 4.15. The summed E-state index contributed by atoms with van der Waals surface area (Å²) in [5.41, 5.74) is 13.4. The number of carbonyl (C=O) groups is 2. The fourth-order valence-electron chi connectivity index (χ4n) is 4.15. The minimum atomic E-state index is -0.622. The number of nitrogens with two attached hydrogens (primary N) is 2. The number of pyridine rings is 1. The molecule has 134 valence electrons. The number of anilines is 2. The van der Waals surface area contributed by atoms with Crippen LogP contribution in [0.25, 0.3) is 0 Å². The lowest BCUT2D eigenvalue weighted by Crippen LogP contribution is -2.45. The van der Waals surface area contributed by atoms with Crippen LogP contribution in [0, 0.1) is 0 Å². The van der Waals surface area contributed by atoms with Crippen LogP contribution in [0.5, 0.6) is 0 Å². The van der Waals surface area contributed by atoms with Gasteiger partial charge < -0.3 is 16.4 Å². The first-order valence-corrected chi connectivity index (χ1v) is 8.63.